The minimum absolute atomic E-state index is 0.0387. The molecule has 1 heterocycles. The van der Waals surface area contributed by atoms with E-state index in [1.807, 2.05) is 48.7 Å². The van der Waals surface area contributed by atoms with E-state index in [-0.39, 0.29) is 11.7 Å². The predicted octanol–water partition coefficient (Wildman–Crippen LogP) is 4.43. The van der Waals surface area contributed by atoms with Crippen LogP contribution in [0.4, 0.5) is 5.69 Å². The van der Waals surface area contributed by atoms with Crippen LogP contribution in [0.3, 0.4) is 0 Å². The largest absolute Gasteiger partial charge is 0.312 e. The number of thioether (sulfide) groups is 1. The molecule has 0 spiro atoms. The van der Waals surface area contributed by atoms with Gasteiger partial charge < -0.3 is 4.90 Å². The van der Waals surface area contributed by atoms with Crippen molar-refractivity contribution in [2.24, 2.45) is 0 Å². The molecule has 3 nitrogen and oxygen atoms in total. The molecular weight excluding hydrogens is 318 g/mol. The molecule has 24 heavy (non-hydrogen) atoms. The Morgan fingerprint density at radius 1 is 1.08 bits per heavy atom. The average molecular weight is 337 g/mol. The van der Waals surface area contributed by atoms with Crippen LogP contribution in [0.15, 0.2) is 59.5 Å². The number of hydrogen-bond donors (Lipinski definition) is 0. The van der Waals surface area contributed by atoms with Crippen molar-refractivity contribution in [3.63, 3.8) is 0 Å². The first-order valence-electron chi connectivity index (χ1n) is 7.94. The Labute approximate surface area is 146 Å². The summed E-state index contributed by atoms with van der Waals surface area (Å²) in [6, 6.07) is 15.3. The van der Waals surface area contributed by atoms with Gasteiger partial charge in [0.25, 0.3) is 0 Å². The van der Waals surface area contributed by atoms with Crippen molar-refractivity contribution in [2.45, 2.75) is 17.7 Å². The maximum atomic E-state index is 12.3. The third-order valence-electron chi connectivity index (χ3n) is 4.08. The topological polar surface area (TPSA) is 37.4 Å². The van der Waals surface area contributed by atoms with Crippen molar-refractivity contribution in [2.75, 3.05) is 17.7 Å². The molecule has 0 aliphatic carbocycles. The van der Waals surface area contributed by atoms with Crippen LogP contribution < -0.4 is 4.90 Å². The van der Waals surface area contributed by atoms with Crippen molar-refractivity contribution in [1.29, 1.82) is 0 Å². The third kappa shape index (κ3) is 3.77. The summed E-state index contributed by atoms with van der Waals surface area (Å²) in [5.41, 5.74) is 2.49. The summed E-state index contributed by atoms with van der Waals surface area (Å²) in [4.78, 5) is 27.0. The lowest BCUT2D eigenvalue weighted by Gasteiger charge is -2.15. The number of anilines is 1. The van der Waals surface area contributed by atoms with Gasteiger partial charge >= 0.3 is 0 Å². The number of rotatable bonds is 5. The molecule has 2 aromatic carbocycles. The molecule has 2 aromatic rings. The molecular formula is C20H19NO2S. The van der Waals surface area contributed by atoms with Crippen LogP contribution in [0, 0.1) is 0 Å². The Morgan fingerprint density at radius 3 is 2.38 bits per heavy atom. The van der Waals surface area contributed by atoms with E-state index in [9.17, 15) is 9.59 Å². The first kappa shape index (κ1) is 16.5. The first-order valence-corrected chi connectivity index (χ1v) is 9.17. The fourth-order valence-electron chi connectivity index (χ4n) is 2.71. The standard InChI is InChI=1S/C20H19NO2S/c1-24-18-11-4-15(5-12-18)6-13-19(22)16-7-9-17(10-8-16)21-14-2-3-20(21)23/h4-13H,2-3,14H2,1H3/b13-6+. The predicted molar refractivity (Wildman–Crippen MR) is 99.6 cm³/mol. The summed E-state index contributed by atoms with van der Waals surface area (Å²) >= 11 is 1.69. The zero-order chi connectivity index (χ0) is 16.9. The van der Waals surface area contributed by atoms with E-state index in [1.54, 1.807) is 34.9 Å². The molecule has 1 aliphatic heterocycles. The van der Waals surface area contributed by atoms with Gasteiger partial charge in [-0.3, -0.25) is 9.59 Å². The summed E-state index contributed by atoms with van der Waals surface area (Å²) < 4.78 is 0. The van der Waals surface area contributed by atoms with Crippen LogP contribution in [0.25, 0.3) is 6.08 Å². The SMILES string of the molecule is CSc1ccc(/C=C/C(=O)c2ccc(N3CCCC3=O)cc2)cc1. The number of benzene rings is 2. The van der Waals surface area contributed by atoms with E-state index < -0.39 is 0 Å². The Balaban J connectivity index is 1.68. The van der Waals surface area contributed by atoms with Gasteiger partial charge in [-0.2, -0.15) is 0 Å². The van der Waals surface area contributed by atoms with Crippen molar-refractivity contribution in [1.82, 2.24) is 0 Å². The van der Waals surface area contributed by atoms with Gasteiger partial charge in [0.2, 0.25) is 5.91 Å². The first-order chi connectivity index (χ1) is 11.7. The highest BCUT2D eigenvalue weighted by molar-refractivity contribution is 7.98. The second-order valence-electron chi connectivity index (χ2n) is 5.67. The lowest BCUT2D eigenvalue weighted by atomic mass is 10.1. The molecule has 122 valence electrons. The highest BCUT2D eigenvalue weighted by Gasteiger charge is 2.21. The number of allylic oxidation sites excluding steroid dienone is 1. The summed E-state index contributed by atoms with van der Waals surface area (Å²) in [7, 11) is 0. The molecule has 0 atom stereocenters. The van der Waals surface area contributed by atoms with Crippen molar-refractivity contribution >= 4 is 35.2 Å². The number of carbonyl (C=O) groups is 2. The van der Waals surface area contributed by atoms with Crippen molar-refractivity contribution in [3.05, 3.63) is 65.7 Å². The van der Waals surface area contributed by atoms with Crippen LogP contribution in [-0.4, -0.2) is 24.5 Å². The molecule has 1 aliphatic rings. The van der Waals surface area contributed by atoms with E-state index in [1.165, 1.54) is 4.90 Å². The third-order valence-corrected chi connectivity index (χ3v) is 4.82. The fraction of sp³-hybridized carbons (Fsp3) is 0.200. The van der Waals surface area contributed by atoms with Crippen LogP contribution in [0.1, 0.15) is 28.8 Å². The van der Waals surface area contributed by atoms with Gasteiger partial charge in [-0.05, 0) is 60.7 Å². The minimum atomic E-state index is -0.0387. The summed E-state index contributed by atoms with van der Waals surface area (Å²) in [6.45, 7) is 0.762. The van der Waals surface area contributed by atoms with E-state index in [4.69, 9.17) is 0 Å². The summed E-state index contributed by atoms with van der Waals surface area (Å²) in [5, 5.41) is 0. The average Bonchev–Trinajstić information content (AvgIpc) is 3.06. The molecule has 0 saturated carbocycles. The highest BCUT2D eigenvalue weighted by Crippen LogP contribution is 2.22. The quantitative estimate of drug-likeness (QED) is 0.460. The number of carbonyl (C=O) groups excluding carboxylic acids is 2. The van der Waals surface area contributed by atoms with Gasteiger partial charge in [-0.25, -0.2) is 0 Å². The molecule has 1 saturated heterocycles. The molecule has 0 bridgehead atoms. The molecule has 3 rings (SSSR count). The van der Waals surface area contributed by atoms with E-state index in [2.05, 4.69) is 0 Å². The Morgan fingerprint density at radius 2 is 1.79 bits per heavy atom. The minimum Gasteiger partial charge on any atom is -0.312 e. The molecule has 4 heteroatoms. The van der Waals surface area contributed by atoms with E-state index in [0.717, 1.165) is 24.2 Å². The van der Waals surface area contributed by atoms with Gasteiger partial charge in [0, 0.05) is 29.1 Å². The Bertz CT molecular complexity index is 763. The Hall–Kier alpha value is -2.33. The van der Waals surface area contributed by atoms with Crippen molar-refractivity contribution in [3.8, 4) is 0 Å². The summed E-state index contributed by atoms with van der Waals surface area (Å²) in [6.07, 6.45) is 6.96. The number of hydrogen-bond acceptors (Lipinski definition) is 3. The van der Waals surface area contributed by atoms with Gasteiger partial charge in [0.15, 0.2) is 5.78 Å². The second kappa shape index (κ2) is 7.49. The number of nitrogens with zero attached hydrogens (tertiary/aromatic N) is 1. The fourth-order valence-corrected chi connectivity index (χ4v) is 3.12. The highest BCUT2D eigenvalue weighted by atomic mass is 32.2. The lowest BCUT2D eigenvalue weighted by Crippen LogP contribution is -2.23. The zero-order valence-corrected chi connectivity index (χ0v) is 14.4. The zero-order valence-electron chi connectivity index (χ0n) is 13.6. The molecule has 0 unspecified atom stereocenters. The lowest BCUT2D eigenvalue weighted by molar-refractivity contribution is -0.117. The van der Waals surface area contributed by atoms with Crippen LogP contribution >= 0.6 is 11.8 Å². The van der Waals surface area contributed by atoms with Crippen LogP contribution in [-0.2, 0) is 4.79 Å². The van der Waals surface area contributed by atoms with Gasteiger partial charge in [0.05, 0.1) is 0 Å². The summed E-state index contributed by atoms with van der Waals surface area (Å²) in [5.74, 6) is 0.117. The number of ketones is 1. The smallest absolute Gasteiger partial charge is 0.227 e. The molecule has 0 N–H and O–H groups in total. The van der Waals surface area contributed by atoms with Gasteiger partial charge in [0.1, 0.15) is 0 Å². The Kier molecular flexibility index (Phi) is 5.16. The van der Waals surface area contributed by atoms with E-state index >= 15 is 0 Å². The van der Waals surface area contributed by atoms with Crippen molar-refractivity contribution < 1.29 is 9.59 Å². The molecule has 0 radical (unpaired) electrons. The van der Waals surface area contributed by atoms with Gasteiger partial charge in [-0.15, -0.1) is 11.8 Å². The monoisotopic (exact) mass is 337 g/mol. The van der Waals surface area contributed by atoms with Crippen LogP contribution in [0.5, 0.6) is 0 Å². The maximum Gasteiger partial charge on any atom is 0.227 e. The van der Waals surface area contributed by atoms with E-state index in [0.29, 0.717) is 12.0 Å². The van der Waals surface area contributed by atoms with Crippen LogP contribution in [0.2, 0.25) is 0 Å². The maximum absolute atomic E-state index is 12.3. The normalized spacial score (nSPS) is 14.5. The van der Waals surface area contributed by atoms with Gasteiger partial charge in [-0.1, -0.05) is 18.2 Å². The molecule has 1 amide bonds. The molecule has 0 aromatic heterocycles. The second-order valence-corrected chi connectivity index (χ2v) is 6.55. The number of amides is 1. The molecule has 1 fully saturated rings.